The number of carbonyl (C=O) groups is 8. The van der Waals surface area contributed by atoms with E-state index in [0.29, 0.717) is 24.1 Å². The molecule has 0 saturated heterocycles. The van der Waals surface area contributed by atoms with Gasteiger partial charge >= 0.3 is 6.09 Å². The van der Waals surface area contributed by atoms with Gasteiger partial charge < -0.3 is 37.1 Å². The highest BCUT2D eigenvalue weighted by molar-refractivity contribution is 6.12. The first kappa shape index (κ1) is 40.3. The van der Waals surface area contributed by atoms with Gasteiger partial charge in [0.25, 0.3) is 11.8 Å². The molecule has 3 atom stereocenters. The van der Waals surface area contributed by atoms with Crippen LogP contribution in [0, 0.1) is 0 Å². The minimum Gasteiger partial charge on any atom is -0.445 e. The number of rotatable bonds is 17. The predicted molar refractivity (Wildman–Crippen MR) is 203 cm³/mol. The quantitative estimate of drug-likeness (QED) is 0.0866. The molecule has 7 N–H and O–H groups in total. The number of nitrogens with zero attached hydrogens (tertiary/aromatic N) is 1. The smallest absolute Gasteiger partial charge is 0.407 e. The number of fused-ring (bicyclic) bond motifs is 3. The van der Waals surface area contributed by atoms with Crippen LogP contribution < -0.4 is 32.3 Å². The molecule has 5 rings (SSSR count). The van der Waals surface area contributed by atoms with Gasteiger partial charge in [-0.15, -0.1) is 0 Å². The lowest BCUT2D eigenvalue weighted by Crippen LogP contribution is -2.55. The van der Waals surface area contributed by atoms with Crippen LogP contribution in [0.1, 0.15) is 55.7 Å². The molecule has 8 amide bonds. The summed E-state index contributed by atoms with van der Waals surface area (Å²) in [5, 5.41) is 12.9. The van der Waals surface area contributed by atoms with Gasteiger partial charge in [0, 0.05) is 30.9 Å². The van der Waals surface area contributed by atoms with E-state index in [9.17, 15) is 38.4 Å². The van der Waals surface area contributed by atoms with Crippen molar-refractivity contribution in [2.24, 2.45) is 5.73 Å². The lowest BCUT2D eigenvalue weighted by atomic mass is 9.96. The summed E-state index contributed by atoms with van der Waals surface area (Å²) in [4.78, 5) is 101. The third kappa shape index (κ3) is 10.2. The molecule has 3 unspecified atom stereocenters. The fourth-order valence-electron chi connectivity index (χ4n) is 6.26. The second-order valence-electron chi connectivity index (χ2n) is 13.4. The number of hydrogen-bond acceptors (Lipinski definition) is 9. The average Bonchev–Trinajstić information content (AvgIpc) is 3.68. The molecule has 1 aliphatic heterocycles. The molecular weight excluding hydrogens is 722 g/mol. The lowest BCUT2D eigenvalue weighted by Gasteiger charge is -2.22. The highest BCUT2D eigenvalue weighted by Gasteiger charge is 2.35. The maximum absolute atomic E-state index is 13.5. The number of unbranched alkanes of at least 4 members (excludes halogenated alkanes) is 1. The van der Waals surface area contributed by atoms with Gasteiger partial charge in [-0.2, -0.15) is 0 Å². The summed E-state index contributed by atoms with van der Waals surface area (Å²) in [6, 6.07) is 17.9. The van der Waals surface area contributed by atoms with E-state index >= 15 is 0 Å². The van der Waals surface area contributed by atoms with Gasteiger partial charge in [-0.05, 0) is 66.6 Å². The number of alkyl carbamates (subject to hydrolysis) is 1. The Bertz CT molecular complexity index is 1990. The molecule has 3 aromatic carbocycles. The lowest BCUT2D eigenvalue weighted by molar-refractivity contribution is -0.137. The monoisotopic (exact) mass is 765 g/mol. The first-order valence-electron chi connectivity index (χ1n) is 18.0. The summed E-state index contributed by atoms with van der Waals surface area (Å²) in [6.45, 7) is 3.35. The van der Waals surface area contributed by atoms with E-state index < -0.39 is 60.2 Å². The van der Waals surface area contributed by atoms with Gasteiger partial charge in [0.15, 0.2) is 0 Å². The number of benzene rings is 3. The number of ether oxygens (including phenoxy) is 1. The predicted octanol–water partition coefficient (Wildman–Crippen LogP) is 1.74. The molecule has 0 spiro atoms. The van der Waals surface area contributed by atoms with Crippen LogP contribution in [0.25, 0.3) is 11.1 Å². The number of amides is 8. The van der Waals surface area contributed by atoms with Crippen LogP contribution in [0.2, 0.25) is 0 Å². The number of hydrogen-bond donors (Lipinski definition) is 6. The number of nitrogens with one attached hydrogen (secondary N) is 5. The van der Waals surface area contributed by atoms with Crippen LogP contribution in [0.15, 0.2) is 84.9 Å². The second kappa shape index (κ2) is 18.5. The highest BCUT2D eigenvalue weighted by Crippen LogP contribution is 2.44. The summed E-state index contributed by atoms with van der Waals surface area (Å²) >= 11 is 0. The van der Waals surface area contributed by atoms with E-state index in [1.807, 2.05) is 48.5 Å². The average molecular weight is 766 g/mol. The van der Waals surface area contributed by atoms with E-state index in [1.165, 1.54) is 38.1 Å². The van der Waals surface area contributed by atoms with Gasteiger partial charge in [-0.3, -0.25) is 38.5 Å². The van der Waals surface area contributed by atoms with Crippen molar-refractivity contribution in [3.05, 3.63) is 102 Å². The van der Waals surface area contributed by atoms with Crippen molar-refractivity contribution < 1.29 is 43.1 Å². The molecule has 16 heteroatoms. The van der Waals surface area contributed by atoms with Crippen molar-refractivity contribution in [2.75, 3.05) is 18.4 Å². The topological polar surface area (TPSA) is 235 Å². The molecular formula is C40H43N7O9. The molecule has 56 heavy (non-hydrogen) atoms. The van der Waals surface area contributed by atoms with E-state index in [4.69, 9.17) is 10.5 Å². The fourth-order valence-corrected chi connectivity index (χ4v) is 6.26. The van der Waals surface area contributed by atoms with Crippen molar-refractivity contribution >= 4 is 53.1 Å². The zero-order valence-corrected chi connectivity index (χ0v) is 30.8. The van der Waals surface area contributed by atoms with E-state index in [2.05, 4.69) is 26.6 Å². The first-order valence-corrected chi connectivity index (χ1v) is 18.0. The Morgan fingerprint density at radius 1 is 0.732 bits per heavy atom. The van der Waals surface area contributed by atoms with Crippen molar-refractivity contribution in [1.82, 2.24) is 26.2 Å². The zero-order chi connectivity index (χ0) is 40.4. The molecule has 1 aliphatic carbocycles. The van der Waals surface area contributed by atoms with Crippen LogP contribution in [-0.2, 0) is 44.9 Å². The Morgan fingerprint density at radius 2 is 1.30 bits per heavy atom. The molecule has 0 bridgehead atoms. The largest absolute Gasteiger partial charge is 0.445 e. The summed E-state index contributed by atoms with van der Waals surface area (Å²) in [5.41, 5.74) is 9.82. The van der Waals surface area contributed by atoms with Gasteiger partial charge in [0.1, 0.15) is 24.7 Å². The summed E-state index contributed by atoms with van der Waals surface area (Å²) < 4.78 is 5.21. The number of carbonyl (C=O) groups excluding carboxylic acids is 8. The minimum atomic E-state index is -1.38. The fraction of sp³-hybridized carbons (Fsp3) is 0.300. The molecule has 16 nitrogen and oxygen atoms in total. The number of anilines is 1. The Hall–Kier alpha value is -6.84. The minimum absolute atomic E-state index is 0.0722. The second-order valence-corrected chi connectivity index (χ2v) is 13.4. The Kier molecular flexibility index (Phi) is 13.3. The first-order chi connectivity index (χ1) is 26.8. The molecule has 3 aromatic rings. The van der Waals surface area contributed by atoms with Crippen LogP contribution >= 0.6 is 0 Å². The van der Waals surface area contributed by atoms with Crippen molar-refractivity contribution in [3.63, 3.8) is 0 Å². The van der Waals surface area contributed by atoms with Crippen LogP contribution in [0.3, 0.4) is 0 Å². The van der Waals surface area contributed by atoms with Crippen LogP contribution in [0.4, 0.5) is 10.5 Å². The van der Waals surface area contributed by atoms with Crippen LogP contribution in [-0.4, -0.2) is 83.6 Å². The normalized spacial score (nSPS) is 14.5. The highest BCUT2D eigenvalue weighted by atomic mass is 16.5. The van der Waals surface area contributed by atoms with E-state index in [1.54, 1.807) is 12.1 Å². The van der Waals surface area contributed by atoms with Gasteiger partial charge in [-0.25, -0.2) is 4.79 Å². The third-order valence-corrected chi connectivity index (χ3v) is 9.21. The summed E-state index contributed by atoms with van der Waals surface area (Å²) in [5.74, 6) is -4.70. The van der Waals surface area contributed by atoms with Gasteiger partial charge in [-0.1, -0.05) is 60.7 Å². The van der Waals surface area contributed by atoms with E-state index in [-0.39, 0.29) is 37.4 Å². The molecule has 0 saturated carbocycles. The Morgan fingerprint density at radius 3 is 1.91 bits per heavy atom. The molecule has 1 heterocycles. The molecule has 2 aliphatic rings. The van der Waals surface area contributed by atoms with Crippen molar-refractivity contribution in [3.8, 4) is 11.1 Å². The van der Waals surface area contributed by atoms with Crippen LogP contribution in [0.5, 0.6) is 0 Å². The van der Waals surface area contributed by atoms with Gasteiger partial charge in [0.05, 0.1) is 12.3 Å². The van der Waals surface area contributed by atoms with E-state index in [0.717, 1.165) is 27.2 Å². The SMILES string of the molecule is CC(NC(=O)C(C)NC(=O)C1c2ccccc2-c2ccccc21)C(=O)NC(CC(N)=O)C(=O)Nc1ccc(COC(=O)NCCCCN2C(=O)C=CC2=O)cc1. The summed E-state index contributed by atoms with van der Waals surface area (Å²) in [7, 11) is 0. The molecule has 292 valence electrons. The number of primary amides is 1. The number of nitrogens with two attached hydrogens (primary N) is 1. The maximum Gasteiger partial charge on any atom is 0.407 e. The molecule has 0 radical (unpaired) electrons. The Balaban J connectivity index is 1.05. The van der Waals surface area contributed by atoms with Gasteiger partial charge in [0.2, 0.25) is 29.5 Å². The zero-order valence-electron chi connectivity index (χ0n) is 30.8. The van der Waals surface area contributed by atoms with Crippen molar-refractivity contribution in [2.45, 2.75) is 63.8 Å². The standard InChI is InChI=1S/C40H43N7O9/c1-23(44-39(54)35-29-11-5-3-9-27(29)28-10-4-6-12-30(28)35)36(51)43-24(2)37(52)46-31(21-32(41)48)38(53)45-26-15-13-25(14-16-26)22-56-40(55)42-19-7-8-20-47-33(49)17-18-34(47)50/h3-6,9-18,23-24,31,35H,7-8,19-22H2,1-2H3,(H2,41,48)(H,42,55)(H,43,51)(H,44,54)(H,45,53)(H,46,52). The third-order valence-electron chi connectivity index (χ3n) is 9.21. The summed E-state index contributed by atoms with van der Waals surface area (Å²) in [6.07, 6.45) is 2.29. The molecule has 0 aromatic heterocycles. The number of imide groups is 1. The molecule has 0 fully saturated rings. The van der Waals surface area contributed by atoms with Crippen molar-refractivity contribution in [1.29, 1.82) is 0 Å². The maximum atomic E-state index is 13.5. The Labute approximate surface area is 322 Å².